The van der Waals surface area contributed by atoms with Gasteiger partial charge in [-0.2, -0.15) is 0 Å². The van der Waals surface area contributed by atoms with Crippen molar-refractivity contribution in [3.05, 3.63) is 29.8 Å². The predicted octanol–water partition coefficient (Wildman–Crippen LogP) is 3.71. The standard InChI is InChI=1S/C16H24F2N2/c1-4-12-10-19-16(5-2,6-3)11-20(12)15-13(17)8-7-9-14(15)18/h7-9,12,19H,4-6,10-11H2,1-3H3. The lowest BCUT2D eigenvalue weighted by atomic mass is 9.87. The molecule has 1 aromatic rings. The van der Waals surface area contributed by atoms with Crippen LogP contribution in [0.15, 0.2) is 18.2 Å². The van der Waals surface area contributed by atoms with E-state index in [4.69, 9.17) is 0 Å². The molecule has 4 heteroatoms. The van der Waals surface area contributed by atoms with E-state index in [2.05, 4.69) is 26.1 Å². The summed E-state index contributed by atoms with van der Waals surface area (Å²) in [5.74, 6) is -0.932. The fourth-order valence-corrected chi connectivity index (χ4v) is 3.07. The van der Waals surface area contributed by atoms with E-state index in [9.17, 15) is 8.78 Å². The summed E-state index contributed by atoms with van der Waals surface area (Å²) in [7, 11) is 0. The Morgan fingerprint density at radius 2 is 1.80 bits per heavy atom. The number of rotatable bonds is 4. The molecule has 1 atom stereocenters. The first kappa shape index (κ1) is 15.2. The van der Waals surface area contributed by atoms with Gasteiger partial charge in [0, 0.05) is 24.7 Å². The molecule has 2 nitrogen and oxygen atoms in total. The molecular weight excluding hydrogens is 258 g/mol. The summed E-state index contributed by atoms with van der Waals surface area (Å²) in [6, 6.07) is 4.23. The molecule has 1 aromatic carbocycles. The quantitative estimate of drug-likeness (QED) is 0.905. The highest BCUT2D eigenvalue weighted by Gasteiger charge is 2.37. The summed E-state index contributed by atoms with van der Waals surface area (Å²) >= 11 is 0. The largest absolute Gasteiger partial charge is 0.361 e. The maximum Gasteiger partial charge on any atom is 0.149 e. The first-order valence-corrected chi connectivity index (χ1v) is 7.52. The van der Waals surface area contributed by atoms with E-state index in [1.165, 1.54) is 18.2 Å². The van der Waals surface area contributed by atoms with Crippen LogP contribution in [-0.4, -0.2) is 24.7 Å². The molecular formula is C16H24F2N2. The maximum absolute atomic E-state index is 14.1. The highest BCUT2D eigenvalue weighted by molar-refractivity contribution is 5.51. The molecule has 0 spiro atoms. The monoisotopic (exact) mass is 282 g/mol. The molecule has 1 N–H and O–H groups in total. The lowest BCUT2D eigenvalue weighted by Crippen LogP contribution is -2.64. The van der Waals surface area contributed by atoms with Crippen molar-refractivity contribution >= 4 is 5.69 Å². The highest BCUT2D eigenvalue weighted by Crippen LogP contribution is 2.32. The van der Waals surface area contributed by atoms with Crippen LogP contribution in [0.2, 0.25) is 0 Å². The van der Waals surface area contributed by atoms with Gasteiger partial charge in [0.05, 0.1) is 0 Å². The molecule has 1 heterocycles. The maximum atomic E-state index is 14.1. The van der Waals surface area contributed by atoms with Crippen LogP contribution in [0.4, 0.5) is 14.5 Å². The molecule has 0 amide bonds. The summed E-state index contributed by atoms with van der Waals surface area (Å²) in [6.45, 7) is 7.72. The molecule has 1 unspecified atom stereocenters. The molecule has 0 saturated carbocycles. The predicted molar refractivity (Wildman–Crippen MR) is 79.1 cm³/mol. The SMILES string of the molecule is CCC1CNC(CC)(CC)CN1c1c(F)cccc1F. The van der Waals surface area contributed by atoms with E-state index in [-0.39, 0.29) is 17.3 Å². The van der Waals surface area contributed by atoms with Gasteiger partial charge in [-0.3, -0.25) is 0 Å². The van der Waals surface area contributed by atoms with Gasteiger partial charge in [-0.15, -0.1) is 0 Å². The summed E-state index contributed by atoms with van der Waals surface area (Å²) in [4.78, 5) is 1.92. The Morgan fingerprint density at radius 3 is 2.30 bits per heavy atom. The highest BCUT2D eigenvalue weighted by atomic mass is 19.1. The molecule has 0 aliphatic carbocycles. The molecule has 1 aliphatic heterocycles. The van der Waals surface area contributed by atoms with Gasteiger partial charge in [0.1, 0.15) is 17.3 Å². The molecule has 0 aromatic heterocycles. The summed E-state index contributed by atoms with van der Waals surface area (Å²) in [5.41, 5.74) is 0.0764. The second-order valence-corrected chi connectivity index (χ2v) is 5.63. The molecule has 0 radical (unpaired) electrons. The Morgan fingerprint density at radius 1 is 1.20 bits per heavy atom. The third-order valence-electron chi connectivity index (χ3n) is 4.68. The van der Waals surface area contributed by atoms with Crippen LogP contribution in [0.1, 0.15) is 40.0 Å². The van der Waals surface area contributed by atoms with Gasteiger partial charge < -0.3 is 10.2 Å². The van der Waals surface area contributed by atoms with Gasteiger partial charge >= 0.3 is 0 Å². The lowest BCUT2D eigenvalue weighted by Gasteiger charge is -2.48. The summed E-state index contributed by atoms with van der Waals surface area (Å²) in [6.07, 6.45) is 2.77. The molecule has 1 aliphatic rings. The van der Waals surface area contributed by atoms with Crippen LogP contribution in [0.3, 0.4) is 0 Å². The van der Waals surface area contributed by atoms with Crippen LogP contribution in [0.25, 0.3) is 0 Å². The zero-order valence-corrected chi connectivity index (χ0v) is 12.5. The van der Waals surface area contributed by atoms with E-state index in [1.54, 1.807) is 0 Å². The number of nitrogens with zero attached hydrogens (tertiary/aromatic N) is 1. The van der Waals surface area contributed by atoms with Crippen molar-refractivity contribution < 1.29 is 8.78 Å². The van der Waals surface area contributed by atoms with Crippen molar-refractivity contribution in [1.29, 1.82) is 0 Å². The number of benzene rings is 1. The Labute approximate surface area is 120 Å². The summed E-state index contributed by atoms with van der Waals surface area (Å²) in [5, 5.41) is 3.59. The average Bonchev–Trinajstić information content (AvgIpc) is 2.47. The molecule has 0 bridgehead atoms. The number of anilines is 1. The Bertz CT molecular complexity index is 438. The minimum Gasteiger partial charge on any atom is -0.361 e. The van der Waals surface area contributed by atoms with Gasteiger partial charge in [-0.05, 0) is 31.4 Å². The van der Waals surface area contributed by atoms with Crippen molar-refractivity contribution in [2.24, 2.45) is 0 Å². The topological polar surface area (TPSA) is 15.3 Å². The normalized spacial score (nSPS) is 22.1. The Kier molecular flexibility index (Phi) is 4.63. The van der Waals surface area contributed by atoms with Crippen molar-refractivity contribution in [2.75, 3.05) is 18.0 Å². The third kappa shape index (κ3) is 2.66. The smallest absolute Gasteiger partial charge is 0.149 e. The van der Waals surface area contributed by atoms with Gasteiger partial charge in [0.2, 0.25) is 0 Å². The van der Waals surface area contributed by atoms with Crippen LogP contribution in [0, 0.1) is 11.6 Å². The Hall–Kier alpha value is -1.16. The molecule has 1 saturated heterocycles. The van der Waals surface area contributed by atoms with Crippen molar-refractivity contribution in [3.63, 3.8) is 0 Å². The number of hydrogen-bond acceptors (Lipinski definition) is 2. The number of piperazine rings is 1. The lowest BCUT2D eigenvalue weighted by molar-refractivity contribution is 0.243. The Balaban J connectivity index is 2.39. The van der Waals surface area contributed by atoms with Crippen molar-refractivity contribution in [1.82, 2.24) is 5.32 Å². The molecule has 112 valence electrons. The molecule has 1 fully saturated rings. The van der Waals surface area contributed by atoms with Gasteiger partial charge in [-0.25, -0.2) is 8.78 Å². The zero-order chi connectivity index (χ0) is 14.8. The van der Waals surface area contributed by atoms with Crippen LogP contribution in [0.5, 0.6) is 0 Å². The van der Waals surface area contributed by atoms with Crippen LogP contribution in [-0.2, 0) is 0 Å². The third-order valence-corrected chi connectivity index (χ3v) is 4.68. The minimum atomic E-state index is -0.466. The van der Waals surface area contributed by atoms with Crippen LogP contribution < -0.4 is 10.2 Å². The average molecular weight is 282 g/mol. The van der Waals surface area contributed by atoms with Gasteiger partial charge in [0.25, 0.3) is 0 Å². The fraction of sp³-hybridized carbons (Fsp3) is 0.625. The van der Waals surface area contributed by atoms with Crippen molar-refractivity contribution in [3.8, 4) is 0 Å². The minimum absolute atomic E-state index is 0.0552. The van der Waals surface area contributed by atoms with E-state index in [0.29, 0.717) is 6.54 Å². The first-order valence-electron chi connectivity index (χ1n) is 7.52. The molecule has 2 rings (SSSR count). The zero-order valence-electron chi connectivity index (χ0n) is 12.5. The van der Waals surface area contributed by atoms with Gasteiger partial charge in [0.15, 0.2) is 0 Å². The van der Waals surface area contributed by atoms with E-state index >= 15 is 0 Å². The number of halogens is 2. The van der Waals surface area contributed by atoms with Crippen LogP contribution >= 0.6 is 0 Å². The van der Waals surface area contributed by atoms with E-state index < -0.39 is 11.6 Å². The number of hydrogen-bond donors (Lipinski definition) is 1. The van der Waals surface area contributed by atoms with Crippen molar-refractivity contribution in [2.45, 2.75) is 51.6 Å². The molecule has 20 heavy (non-hydrogen) atoms. The van der Waals surface area contributed by atoms with E-state index in [0.717, 1.165) is 25.8 Å². The number of nitrogens with one attached hydrogen (secondary N) is 1. The first-order chi connectivity index (χ1) is 9.56. The second kappa shape index (κ2) is 6.08. The second-order valence-electron chi connectivity index (χ2n) is 5.63. The van der Waals surface area contributed by atoms with Gasteiger partial charge in [-0.1, -0.05) is 26.8 Å². The fourth-order valence-electron chi connectivity index (χ4n) is 3.07. The summed E-state index contributed by atoms with van der Waals surface area (Å²) < 4.78 is 28.2. The van der Waals surface area contributed by atoms with E-state index in [1.807, 2.05) is 4.90 Å². The number of para-hydroxylation sites is 1.